The number of benzene rings is 1. The molecule has 0 fully saturated rings. The molecule has 5 nitrogen and oxygen atoms in total. The summed E-state index contributed by atoms with van der Waals surface area (Å²) >= 11 is 0. The van der Waals surface area contributed by atoms with Gasteiger partial charge >= 0.3 is 0 Å². The van der Waals surface area contributed by atoms with Gasteiger partial charge < -0.3 is 10.4 Å². The maximum absolute atomic E-state index is 11.1. The highest BCUT2D eigenvalue weighted by molar-refractivity contribution is 5.86. The number of rotatable bonds is 4. The molecule has 28 heavy (non-hydrogen) atoms. The molecule has 0 radical (unpaired) electrons. The summed E-state index contributed by atoms with van der Waals surface area (Å²) in [4.78, 5) is 13.8. The first-order valence-electron chi connectivity index (χ1n) is 9.24. The fourth-order valence-corrected chi connectivity index (χ4v) is 3.33. The van der Waals surface area contributed by atoms with Crippen molar-refractivity contribution in [1.29, 1.82) is 0 Å². The standard InChI is InChI=1S/C23H22N4O/c1-14-6-4-8-19(24-14)22(27-20-9-5-7-15(2)25-20)18-13-12-17-11-10-16(3)26-21(17)23(18)28/h4-13,22,28H,1-3H3,(H,25,27). The summed E-state index contributed by atoms with van der Waals surface area (Å²) in [6.07, 6.45) is 0. The molecule has 0 saturated heterocycles. The Kier molecular flexibility index (Phi) is 4.65. The molecule has 140 valence electrons. The van der Waals surface area contributed by atoms with Crippen molar-refractivity contribution in [1.82, 2.24) is 15.0 Å². The second-order valence-corrected chi connectivity index (χ2v) is 6.97. The number of nitrogens with one attached hydrogen (secondary N) is 1. The number of aromatic nitrogens is 3. The van der Waals surface area contributed by atoms with Crippen LogP contribution in [0.1, 0.15) is 34.4 Å². The van der Waals surface area contributed by atoms with Crippen LogP contribution in [0.15, 0.2) is 60.7 Å². The van der Waals surface area contributed by atoms with Gasteiger partial charge in [0.05, 0.1) is 11.7 Å². The van der Waals surface area contributed by atoms with Crippen molar-refractivity contribution in [3.63, 3.8) is 0 Å². The summed E-state index contributed by atoms with van der Waals surface area (Å²) in [6, 6.07) is 19.1. The molecule has 3 aromatic heterocycles. The Morgan fingerprint density at radius 2 is 1.43 bits per heavy atom. The van der Waals surface area contributed by atoms with Crippen molar-refractivity contribution in [2.75, 3.05) is 5.32 Å². The highest BCUT2D eigenvalue weighted by Gasteiger charge is 2.22. The first-order valence-corrected chi connectivity index (χ1v) is 9.24. The van der Waals surface area contributed by atoms with Crippen molar-refractivity contribution in [3.05, 3.63) is 89.0 Å². The smallest absolute Gasteiger partial charge is 0.147 e. The average molecular weight is 370 g/mol. The fraction of sp³-hybridized carbons (Fsp3) is 0.174. The monoisotopic (exact) mass is 370 g/mol. The number of fused-ring (bicyclic) bond motifs is 1. The van der Waals surface area contributed by atoms with Gasteiger partial charge in [0, 0.05) is 28.0 Å². The van der Waals surface area contributed by atoms with E-state index in [2.05, 4.69) is 20.3 Å². The molecule has 0 amide bonds. The van der Waals surface area contributed by atoms with Gasteiger partial charge in [0.15, 0.2) is 0 Å². The van der Waals surface area contributed by atoms with E-state index >= 15 is 0 Å². The summed E-state index contributed by atoms with van der Waals surface area (Å²) in [7, 11) is 0. The largest absolute Gasteiger partial charge is 0.505 e. The normalized spacial score (nSPS) is 12.1. The van der Waals surface area contributed by atoms with Gasteiger partial charge in [-0.2, -0.15) is 0 Å². The minimum Gasteiger partial charge on any atom is -0.505 e. The maximum Gasteiger partial charge on any atom is 0.147 e. The lowest BCUT2D eigenvalue weighted by Crippen LogP contribution is -2.15. The van der Waals surface area contributed by atoms with Gasteiger partial charge in [-0.05, 0) is 51.1 Å². The number of phenolic OH excluding ortho intramolecular Hbond substituents is 1. The second kappa shape index (κ2) is 7.27. The Bertz CT molecular complexity index is 1160. The zero-order chi connectivity index (χ0) is 19.7. The SMILES string of the molecule is Cc1cccc(NC(c2cccc(C)n2)c2ccc3ccc(C)nc3c2O)n1. The van der Waals surface area contributed by atoms with Crippen LogP contribution in [0, 0.1) is 20.8 Å². The maximum atomic E-state index is 11.1. The van der Waals surface area contributed by atoms with E-state index < -0.39 is 0 Å². The molecule has 2 N–H and O–H groups in total. The van der Waals surface area contributed by atoms with Crippen molar-refractivity contribution in [2.24, 2.45) is 0 Å². The Balaban J connectivity index is 1.87. The highest BCUT2D eigenvalue weighted by atomic mass is 16.3. The lowest BCUT2D eigenvalue weighted by molar-refractivity contribution is 0.471. The highest BCUT2D eigenvalue weighted by Crippen LogP contribution is 2.35. The summed E-state index contributed by atoms with van der Waals surface area (Å²) < 4.78 is 0. The molecular formula is C23H22N4O. The van der Waals surface area contributed by atoms with Gasteiger partial charge in [-0.3, -0.25) is 4.98 Å². The van der Waals surface area contributed by atoms with E-state index in [1.165, 1.54) is 0 Å². The van der Waals surface area contributed by atoms with Crippen LogP contribution in [-0.4, -0.2) is 20.1 Å². The molecule has 4 rings (SSSR count). The first-order chi connectivity index (χ1) is 13.5. The van der Waals surface area contributed by atoms with E-state index in [9.17, 15) is 5.11 Å². The molecule has 1 atom stereocenters. The van der Waals surface area contributed by atoms with E-state index in [-0.39, 0.29) is 11.8 Å². The minimum atomic E-state index is -0.360. The molecule has 1 aromatic carbocycles. The Labute approximate surface area is 164 Å². The summed E-state index contributed by atoms with van der Waals surface area (Å²) in [5, 5.41) is 15.4. The summed E-state index contributed by atoms with van der Waals surface area (Å²) in [5.41, 5.74) is 4.81. The van der Waals surface area contributed by atoms with Crippen LogP contribution < -0.4 is 5.32 Å². The number of nitrogens with zero attached hydrogens (tertiary/aromatic N) is 3. The quantitative estimate of drug-likeness (QED) is 0.537. The van der Waals surface area contributed by atoms with Crippen molar-refractivity contribution >= 4 is 16.7 Å². The van der Waals surface area contributed by atoms with Crippen LogP contribution in [0.2, 0.25) is 0 Å². The molecule has 0 aliphatic rings. The van der Waals surface area contributed by atoms with Crippen LogP contribution in [-0.2, 0) is 0 Å². The Morgan fingerprint density at radius 1 is 0.750 bits per heavy atom. The molecule has 0 aliphatic carbocycles. The van der Waals surface area contributed by atoms with Gasteiger partial charge in [0.1, 0.15) is 17.1 Å². The molecule has 3 heterocycles. The zero-order valence-corrected chi connectivity index (χ0v) is 16.1. The van der Waals surface area contributed by atoms with Crippen molar-refractivity contribution < 1.29 is 5.11 Å². The third-order valence-electron chi connectivity index (χ3n) is 4.70. The lowest BCUT2D eigenvalue weighted by atomic mass is 9.99. The van der Waals surface area contributed by atoms with Crippen LogP contribution in [0.4, 0.5) is 5.82 Å². The minimum absolute atomic E-state index is 0.162. The van der Waals surface area contributed by atoms with E-state index in [1.54, 1.807) is 0 Å². The molecule has 5 heteroatoms. The van der Waals surface area contributed by atoms with Gasteiger partial charge in [-0.25, -0.2) is 9.97 Å². The zero-order valence-electron chi connectivity index (χ0n) is 16.1. The van der Waals surface area contributed by atoms with E-state index in [0.717, 1.165) is 34.0 Å². The third-order valence-corrected chi connectivity index (χ3v) is 4.70. The first kappa shape index (κ1) is 17.9. The number of aryl methyl sites for hydroxylation is 3. The van der Waals surface area contributed by atoms with Crippen LogP contribution in [0.5, 0.6) is 5.75 Å². The van der Waals surface area contributed by atoms with E-state index in [4.69, 9.17) is 0 Å². The van der Waals surface area contributed by atoms with E-state index in [1.807, 2.05) is 81.4 Å². The number of hydrogen-bond acceptors (Lipinski definition) is 5. The molecule has 0 saturated carbocycles. The van der Waals surface area contributed by atoms with Crippen LogP contribution in [0.25, 0.3) is 10.9 Å². The van der Waals surface area contributed by atoms with Gasteiger partial charge in [0.25, 0.3) is 0 Å². The fourth-order valence-electron chi connectivity index (χ4n) is 3.33. The van der Waals surface area contributed by atoms with E-state index in [0.29, 0.717) is 11.1 Å². The molecule has 0 bridgehead atoms. The Morgan fingerprint density at radius 3 is 2.18 bits per heavy atom. The number of aromatic hydroxyl groups is 1. The number of hydrogen-bond donors (Lipinski definition) is 2. The molecular weight excluding hydrogens is 348 g/mol. The topological polar surface area (TPSA) is 70.9 Å². The van der Waals surface area contributed by atoms with Crippen molar-refractivity contribution in [2.45, 2.75) is 26.8 Å². The average Bonchev–Trinajstić information content (AvgIpc) is 2.67. The molecule has 4 aromatic rings. The van der Waals surface area contributed by atoms with Gasteiger partial charge in [-0.15, -0.1) is 0 Å². The number of pyridine rings is 3. The van der Waals surface area contributed by atoms with Crippen LogP contribution in [0.3, 0.4) is 0 Å². The predicted molar refractivity (Wildman–Crippen MR) is 112 cm³/mol. The number of anilines is 1. The molecule has 1 unspecified atom stereocenters. The molecule has 0 spiro atoms. The number of phenols is 1. The predicted octanol–water partition coefficient (Wildman–Crippen LogP) is 4.86. The summed E-state index contributed by atoms with van der Waals surface area (Å²) in [5.74, 6) is 0.889. The molecule has 0 aliphatic heterocycles. The summed E-state index contributed by atoms with van der Waals surface area (Å²) in [6.45, 7) is 5.82. The lowest BCUT2D eigenvalue weighted by Gasteiger charge is -2.21. The second-order valence-electron chi connectivity index (χ2n) is 6.97. The van der Waals surface area contributed by atoms with Crippen molar-refractivity contribution in [3.8, 4) is 5.75 Å². The Hall–Kier alpha value is -3.47. The van der Waals surface area contributed by atoms with Gasteiger partial charge in [0.2, 0.25) is 0 Å². The van der Waals surface area contributed by atoms with Crippen LogP contribution >= 0.6 is 0 Å². The third kappa shape index (κ3) is 3.51. The van der Waals surface area contributed by atoms with Gasteiger partial charge in [-0.1, -0.05) is 30.3 Å².